The Hall–Kier alpha value is -0.920. The topological polar surface area (TPSA) is 24.1 Å². The number of hydrazine groups is 1. The molecule has 0 saturated carbocycles. The molecule has 0 aromatic heterocycles. The zero-order valence-corrected chi connectivity index (χ0v) is 6.35. The minimum atomic E-state index is 1.08. The van der Waals surface area contributed by atoms with Crippen molar-refractivity contribution in [2.75, 3.05) is 0 Å². The molecule has 0 atom stereocenters. The van der Waals surface area contributed by atoms with Crippen LogP contribution in [0.1, 0.15) is 26.2 Å². The molecule has 1 heterocycles. The van der Waals surface area contributed by atoms with Crippen LogP contribution in [0.5, 0.6) is 0 Å². The van der Waals surface area contributed by atoms with Gasteiger partial charge in [-0.15, -0.1) is 0 Å². The van der Waals surface area contributed by atoms with E-state index >= 15 is 0 Å². The third-order valence-corrected chi connectivity index (χ3v) is 1.51. The molecule has 0 saturated heterocycles. The highest BCUT2D eigenvalue weighted by molar-refractivity contribution is 5.08. The van der Waals surface area contributed by atoms with Crippen molar-refractivity contribution in [1.82, 2.24) is 10.9 Å². The molecule has 1 aliphatic rings. The van der Waals surface area contributed by atoms with Gasteiger partial charge in [0.15, 0.2) is 0 Å². The molecule has 0 unspecified atom stereocenters. The molecule has 0 aromatic carbocycles. The van der Waals surface area contributed by atoms with Gasteiger partial charge >= 0.3 is 0 Å². The van der Waals surface area contributed by atoms with Gasteiger partial charge in [-0.3, -0.25) is 0 Å². The van der Waals surface area contributed by atoms with Crippen molar-refractivity contribution in [1.29, 1.82) is 0 Å². The van der Waals surface area contributed by atoms with Gasteiger partial charge in [0.2, 0.25) is 0 Å². The molecule has 2 heteroatoms. The summed E-state index contributed by atoms with van der Waals surface area (Å²) in [6.45, 7) is 2.20. The largest absolute Gasteiger partial charge is 0.309 e. The molecule has 1 aliphatic heterocycles. The number of hydrogen-bond acceptors (Lipinski definition) is 2. The summed E-state index contributed by atoms with van der Waals surface area (Å²) >= 11 is 0. The van der Waals surface area contributed by atoms with Gasteiger partial charge in [0.1, 0.15) is 0 Å². The summed E-state index contributed by atoms with van der Waals surface area (Å²) in [5.41, 5.74) is 7.37. The molecule has 10 heavy (non-hydrogen) atoms. The molecule has 2 nitrogen and oxygen atoms in total. The van der Waals surface area contributed by atoms with Crippen LogP contribution in [0.4, 0.5) is 0 Å². The Morgan fingerprint density at radius 2 is 2.40 bits per heavy atom. The average molecular weight is 138 g/mol. The minimum Gasteiger partial charge on any atom is -0.309 e. The molecule has 56 valence electrons. The van der Waals surface area contributed by atoms with E-state index in [9.17, 15) is 0 Å². The first-order valence-electron chi connectivity index (χ1n) is 3.77. The van der Waals surface area contributed by atoms with Gasteiger partial charge in [-0.25, -0.2) is 0 Å². The molecule has 0 spiro atoms. The Morgan fingerprint density at radius 3 is 3.20 bits per heavy atom. The third kappa shape index (κ3) is 2.13. The molecule has 0 radical (unpaired) electrons. The number of nitrogens with one attached hydrogen (secondary N) is 2. The highest BCUT2D eigenvalue weighted by Gasteiger charge is 1.94. The van der Waals surface area contributed by atoms with E-state index in [0.29, 0.717) is 0 Å². The molecule has 0 fully saturated rings. The summed E-state index contributed by atoms with van der Waals surface area (Å²) < 4.78 is 0. The van der Waals surface area contributed by atoms with Crippen LogP contribution in [0.2, 0.25) is 0 Å². The van der Waals surface area contributed by atoms with E-state index in [0.717, 1.165) is 6.42 Å². The Kier molecular flexibility index (Phi) is 2.87. The molecule has 0 bridgehead atoms. The summed E-state index contributed by atoms with van der Waals surface area (Å²) in [6.07, 6.45) is 9.60. The highest BCUT2D eigenvalue weighted by Crippen LogP contribution is 2.09. The maximum atomic E-state index is 2.98. The molecule has 0 amide bonds. The monoisotopic (exact) mass is 138 g/mol. The van der Waals surface area contributed by atoms with Gasteiger partial charge in [0.25, 0.3) is 0 Å². The summed E-state index contributed by atoms with van der Waals surface area (Å²) in [5, 5.41) is 0. The summed E-state index contributed by atoms with van der Waals surface area (Å²) in [4.78, 5) is 0. The zero-order valence-electron chi connectivity index (χ0n) is 6.35. The normalized spacial score (nSPS) is 16.7. The highest BCUT2D eigenvalue weighted by atomic mass is 15.3. The van der Waals surface area contributed by atoms with Crippen molar-refractivity contribution in [3.8, 4) is 0 Å². The smallest absolute Gasteiger partial charge is 0.0172 e. The lowest BCUT2D eigenvalue weighted by Gasteiger charge is -1.99. The lowest BCUT2D eigenvalue weighted by molar-refractivity contribution is 0.768. The standard InChI is InChI=1S/C8H14N2/c1-2-4-8-5-3-6-9-10-7-8/h3,6-7,9-10H,2,4-5H2,1H3. The van der Waals surface area contributed by atoms with Crippen LogP contribution in [0.25, 0.3) is 0 Å². The SMILES string of the molecule is CCCC1=CNNC=CC1. The second kappa shape index (κ2) is 3.99. The Balaban J connectivity index is 2.40. The van der Waals surface area contributed by atoms with Crippen LogP contribution >= 0.6 is 0 Å². The second-order valence-corrected chi connectivity index (χ2v) is 2.45. The average Bonchev–Trinajstić information content (AvgIpc) is 2.17. The van der Waals surface area contributed by atoms with E-state index in [4.69, 9.17) is 0 Å². The Labute approximate surface area is 62.0 Å². The molecule has 2 N–H and O–H groups in total. The first-order chi connectivity index (χ1) is 4.93. The summed E-state index contributed by atoms with van der Waals surface area (Å²) in [7, 11) is 0. The van der Waals surface area contributed by atoms with Crippen LogP contribution in [0.15, 0.2) is 24.0 Å². The quantitative estimate of drug-likeness (QED) is 0.606. The fraction of sp³-hybridized carbons (Fsp3) is 0.500. The van der Waals surface area contributed by atoms with Crippen molar-refractivity contribution in [3.63, 3.8) is 0 Å². The number of rotatable bonds is 2. The van der Waals surface area contributed by atoms with E-state index in [2.05, 4.69) is 23.9 Å². The summed E-state index contributed by atoms with van der Waals surface area (Å²) in [5.74, 6) is 0. The molecule has 0 aromatic rings. The number of allylic oxidation sites excluding steroid dienone is 2. The van der Waals surface area contributed by atoms with Gasteiger partial charge < -0.3 is 10.9 Å². The van der Waals surface area contributed by atoms with Gasteiger partial charge in [-0.05, 0) is 18.4 Å². The predicted octanol–water partition coefficient (Wildman–Crippen LogP) is 1.68. The third-order valence-electron chi connectivity index (χ3n) is 1.51. The summed E-state index contributed by atoms with van der Waals surface area (Å²) in [6, 6.07) is 0. The first kappa shape index (κ1) is 7.19. The van der Waals surface area contributed by atoms with E-state index in [1.165, 1.54) is 18.4 Å². The van der Waals surface area contributed by atoms with Crippen LogP contribution < -0.4 is 10.9 Å². The number of hydrogen-bond donors (Lipinski definition) is 2. The maximum absolute atomic E-state index is 2.98. The van der Waals surface area contributed by atoms with E-state index in [-0.39, 0.29) is 0 Å². The van der Waals surface area contributed by atoms with Crippen molar-refractivity contribution < 1.29 is 0 Å². The predicted molar refractivity (Wildman–Crippen MR) is 43.0 cm³/mol. The molecule has 1 rings (SSSR count). The van der Waals surface area contributed by atoms with Crippen LogP contribution in [-0.4, -0.2) is 0 Å². The van der Waals surface area contributed by atoms with Crippen LogP contribution in [0.3, 0.4) is 0 Å². The van der Waals surface area contributed by atoms with Crippen molar-refractivity contribution in [3.05, 3.63) is 24.0 Å². The Morgan fingerprint density at radius 1 is 1.50 bits per heavy atom. The Bertz CT molecular complexity index is 147. The van der Waals surface area contributed by atoms with Crippen LogP contribution in [-0.2, 0) is 0 Å². The lowest BCUT2D eigenvalue weighted by Crippen LogP contribution is -2.19. The van der Waals surface area contributed by atoms with Gasteiger partial charge in [0, 0.05) is 12.4 Å². The second-order valence-electron chi connectivity index (χ2n) is 2.45. The maximum Gasteiger partial charge on any atom is 0.0172 e. The van der Waals surface area contributed by atoms with E-state index in [1.54, 1.807) is 0 Å². The van der Waals surface area contributed by atoms with Crippen molar-refractivity contribution in [2.45, 2.75) is 26.2 Å². The fourth-order valence-electron chi connectivity index (χ4n) is 1.02. The van der Waals surface area contributed by atoms with E-state index in [1.807, 2.05) is 12.4 Å². The van der Waals surface area contributed by atoms with Crippen LogP contribution in [0, 0.1) is 0 Å². The fourth-order valence-corrected chi connectivity index (χ4v) is 1.02. The van der Waals surface area contributed by atoms with Gasteiger partial charge in [0.05, 0.1) is 0 Å². The first-order valence-corrected chi connectivity index (χ1v) is 3.77. The lowest BCUT2D eigenvalue weighted by atomic mass is 10.1. The van der Waals surface area contributed by atoms with Gasteiger partial charge in [-0.2, -0.15) is 0 Å². The molecular formula is C8H14N2. The zero-order chi connectivity index (χ0) is 7.23. The molecule has 0 aliphatic carbocycles. The van der Waals surface area contributed by atoms with Crippen molar-refractivity contribution in [2.24, 2.45) is 0 Å². The van der Waals surface area contributed by atoms with Gasteiger partial charge in [-0.1, -0.05) is 19.4 Å². The van der Waals surface area contributed by atoms with Crippen molar-refractivity contribution >= 4 is 0 Å². The minimum absolute atomic E-state index is 1.08. The van der Waals surface area contributed by atoms with E-state index < -0.39 is 0 Å². The molecular weight excluding hydrogens is 124 g/mol.